The molecule has 1 fully saturated rings. The molecule has 1 aliphatic heterocycles. The van der Waals surface area contributed by atoms with Gasteiger partial charge in [0.25, 0.3) is 0 Å². The molecule has 0 saturated carbocycles. The summed E-state index contributed by atoms with van der Waals surface area (Å²) in [6.07, 6.45) is 1.98. The minimum absolute atomic E-state index is 0.612. The first-order chi connectivity index (χ1) is 8.65. The molecule has 100 valence electrons. The van der Waals surface area contributed by atoms with Gasteiger partial charge in [0.2, 0.25) is 0 Å². The van der Waals surface area contributed by atoms with Gasteiger partial charge >= 0.3 is 0 Å². The predicted molar refractivity (Wildman–Crippen MR) is 80.5 cm³/mol. The van der Waals surface area contributed by atoms with Gasteiger partial charge in [-0.3, -0.25) is 4.90 Å². The SMILES string of the molecule is CCN1CCN(c2ncc(CBr)cc2C)CC1C. The molecule has 0 bridgehead atoms. The number of alkyl halides is 1. The summed E-state index contributed by atoms with van der Waals surface area (Å²) in [7, 11) is 0. The number of pyridine rings is 1. The van der Waals surface area contributed by atoms with Crippen LogP contribution < -0.4 is 4.90 Å². The highest BCUT2D eigenvalue weighted by Gasteiger charge is 2.23. The van der Waals surface area contributed by atoms with Crippen LogP contribution in [0.5, 0.6) is 0 Å². The summed E-state index contributed by atoms with van der Waals surface area (Å²) < 4.78 is 0. The Kier molecular flexibility index (Phi) is 4.62. The van der Waals surface area contributed by atoms with Crippen molar-refractivity contribution in [3.05, 3.63) is 23.4 Å². The highest BCUT2D eigenvalue weighted by molar-refractivity contribution is 9.08. The number of hydrogen-bond donors (Lipinski definition) is 0. The van der Waals surface area contributed by atoms with Gasteiger partial charge in [-0.05, 0) is 31.5 Å². The van der Waals surface area contributed by atoms with Crippen molar-refractivity contribution in [3.8, 4) is 0 Å². The fraction of sp³-hybridized carbons (Fsp3) is 0.643. The van der Waals surface area contributed by atoms with Gasteiger partial charge in [-0.2, -0.15) is 0 Å². The first kappa shape index (κ1) is 13.8. The van der Waals surface area contributed by atoms with Gasteiger partial charge < -0.3 is 4.90 Å². The lowest BCUT2D eigenvalue weighted by Crippen LogP contribution is -2.52. The summed E-state index contributed by atoms with van der Waals surface area (Å²) in [5, 5.41) is 0.876. The number of aromatic nitrogens is 1. The molecule has 3 nitrogen and oxygen atoms in total. The molecule has 2 heterocycles. The Bertz CT molecular complexity index is 408. The molecule has 0 spiro atoms. The van der Waals surface area contributed by atoms with Crippen molar-refractivity contribution < 1.29 is 0 Å². The molecule has 0 amide bonds. The molecular weight excluding hydrogens is 290 g/mol. The average Bonchev–Trinajstić information content (AvgIpc) is 2.38. The number of aryl methyl sites for hydroxylation is 1. The highest BCUT2D eigenvalue weighted by Crippen LogP contribution is 2.22. The predicted octanol–water partition coefficient (Wildman–Crippen LogP) is 2.82. The molecule has 1 atom stereocenters. The van der Waals surface area contributed by atoms with Crippen molar-refractivity contribution in [2.24, 2.45) is 0 Å². The maximum atomic E-state index is 4.64. The van der Waals surface area contributed by atoms with Gasteiger partial charge in [-0.25, -0.2) is 4.98 Å². The summed E-state index contributed by atoms with van der Waals surface area (Å²) in [4.78, 5) is 9.58. The third-order valence-corrected chi connectivity index (χ3v) is 4.38. The number of piperazine rings is 1. The van der Waals surface area contributed by atoms with E-state index >= 15 is 0 Å². The molecule has 1 saturated heterocycles. The maximum absolute atomic E-state index is 4.64. The van der Waals surface area contributed by atoms with Crippen LogP contribution in [-0.4, -0.2) is 42.1 Å². The maximum Gasteiger partial charge on any atom is 0.131 e. The minimum Gasteiger partial charge on any atom is -0.354 e. The van der Waals surface area contributed by atoms with Crippen molar-refractivity contribution in [3.63, 3.8) is 0 Å². The molecule has 1 unspecified atom stereocenters. The largest absolute Gasteiger partial charge is 0.354 e. The zero-order chi connectivity index (χ0) is 13.1. The second kappa shape index (κ2) is 6.02. The number of nitrogens with zero attached hydrogens (tertiary/aromatic N) is 3. The Hall–Kier alpha value is -0.610. The third kappa shape index (κ3) is 2.86. The van der Waals surface area contributed by atoms with Crippen LogP contribution in [0, 0.1) is 6.92 Å². The lowest BCUT2D eigenvalue weighted by Gasteiger charge is -2.40. The smallest absolute Gasteiger partial charge is 0.131 e. The summed E-state index contributed by atoms with van der Waals surface area (Å²) >= 11 is 3.48. The Labute approximate surface area is 118 Å². The molecule has 1 aliphatic rings. The van der Waals surface area contributed by atoms with Crippen LogP contribution in [0.15, 0.2) is 12.3 Å². The van der Waals surface area contributed by atoms with Crippen molar-refractivity contribution in [2.45, 2.75) is 32.1 Å². The molecule has 4 heteroatoms. The minimum atomic E-state index is 0.612. The fourth-order valence-corrected chi connectivity index (χ4v) is 2.99. The van der Waals surface area contributed by atoms with Crippen molar-refractivity contribution in [1.82, 2.24) is 9.88 Å². The lowest BCUT2D eigenvalue weighted by molar-refractivity contribution is 0.199. The number of halogens is 1. The van der Waals surface area contributed by atoms with Crippen LogP contribution in [0.25, 0.3) is 0 Å². The van der Waals surface area contributed by atoms with Crippen molar-refractivity contribution >= 4 is 21.7 Å². The van der Waals surface area contributed by atoms with E-state index in [1.165, 1.54) is 11.1 Å². The molecular formula is C14H22BrN3. The van der Waals surface area contributed by atoms with E-state index in [2.05, 4.69) is 57.6 Å². The Balaban J connectivity index is 2.13. The molecule has 1 aromatic heterocycles. The molecule has 18 heavy (non-hydrogen) atoms. The van der Waals surface area contributed by atoms with E-state index in [0.717, 1.165) is 37.3 Å². The van der Waals surface area contributed by atoms with E-state index in [1.807, 2.05) is 6.20 Å². The molecule has 0 aliphatic carbocycles. The second-order valence-electron chi connectivity index (χ2n) is 5.04. The number of hydrogen-bond acceptors (Lipinski definition) is 3. The van der Waals surface area contributed by atoms with E-state index < -0.39 is 0 Å². The number of anilines is 1. The van der Waals surface area contributed by atoms with Crippen molar-refractivity contribution in [1.29, 1.82) is 0 Å². The standard InChI is InChI=1S/C14H22BrN3/c1-4-17-5-6-18(10-12(17)3)14-11(2)7-13(8-15)9-16-14/h7,9,12H,4-6,8,10H2,1-3H3. The van der Waals surface area contributed by atoms with Crippen LogP contribution >= 0.6 is 15.9 Å². The van der Waals surface area contributed by atoms with E-state index in [4.69, 9.17) is 0 Å². The first-order valence-electron chi connectivity index (χ1n) is 6.66. The lowest BCUT2D eigenvalue weighted by atomic mass is 10.1. The van der Waals surface area contributed by atoms with Crippen LogP contribution in [0.1, 0.15) is 25.0 Å². The summed E-state index contributed by atoms with van der Waals surface area (Å²) in [5.74, 6) is 1.15. The molecule has 0 N–H and O–H groups in total. The Morgan fingerprint density at radius 2 is 2.22 bits per heavy atom. The monoisotopic (exact) mass is 311 g/mol. The quantitative estimate of drug-likeness (QED) is 0.800. The summed E-state index contributed by atoms with van der Waals surface area (Å²) in [6.45, 7) is 11.1. The average molecular weight is 312 g/mol. The normalized spacial score (nSPS) is 21.3. The van der Waals surface area contributed by atoms with Crippen LogP contribution in [-0.2, 0) is 5.33 Å². The van der Waals surface area contributed by atoms with Gasteiger partial charge in [-0.15, -0.1) is 0 Å². The molecule has 1 aromatic rings. The van der Waals surface area contributed by atoms with Crippen LogP contribution in [0.2, 0.25) is 0 Å². The summed E-state index contributed by atoms with van der Waals surface area (Å²) in [6, 6.07) is 2.84. The fourth-order valence-electron chi connectivity index (χ4n) is 2.69. The highest BCUT2D eigenvalue weighted by atomic mass is 79.9. The third-order valence-electron chi connectivity index (χ3n) is 3.73. The number of likely N-dealkylation sites (N-methyl/N-ethyl adjacent to an activating group) is 1. The summed E-state index contributed by atoms with van der Waals surface area (Å²) in [5.41, 5.74) is 2.53. The Morgan fingerprint density at radius 3 is 2.78 bits per heavy atom. The van der Waals surface area contributed by atoms with Gasteiger partial charge in [0.15, 0.2) is 0 Å². The van der Waals surface area contributed by atoms with E-state index in [-0.39, 0.29) is 0 Å². The van der Waals surface area contributed by atoms with Crippen molar-refractivity contribution in [2.75, 3.05) is 31.1 Å². The van der Waals surface area contributed by atoms with Gasteiger partial charge in [0.05, 0.1) is 0 Å². The van der Waals surface area contributed by atoms with E-state index in [1.54, 1.807) is 0 Å². The first-order valence-corrected chi connectivity index (χ1v) is 7.78. The van der Waals surface area contributed by atoms with Gasteiger partial charge in [0.1, 0.15) is 5.82 Å². The zero-order valence-electron chi connectivity index (χ0n) is 11.5. The van der Waals surface area contributed by atoms with Crippen LogP contribution in [0.4, 0.5) is 5.82 Å². The molecule has 0 radical (unpaired) electrons. The topological polar surface area (TPSA) is 19.4 Å². The van der Waals surface area contributed by atoms with Gasteiger partial charge in [-0.1, -0.05) is 28.9 Å². The Morgan fingerprint density at radius 1 is 1.44 bits per heavy atom. The zero-order valence-corrected chi connectivity index (χ0v) is 13.1. The van der Waals surface area contributed by atoms with E-state index in [9.17, 15) is 0 Å². The number of rotatable bonds is 3. The van der Waals surface area contributed by atoms with E-state index in [0.29, 0.717) is 6.04 Å². The molecule has 0 aromatic carbocycles. The second-order valence-corrected chi connectivity index (χ2v) is 5.60. The van der Waals surface area contributed by atoms with Gasteiger partial charge in [0, 0.05) is 37.2 Å². The van der Waals surface area contributed by atoms with Crippen LogP contribution in [0.3, 0.4) is 0 Å². The molecule has 2 rings (SSSR count).